The first-order chi connectivity index (χ1) is 19.2. The molecule has 1 atom stereocenters. The Morgan fingerprint density at radius 2 is 1.55 bits per heavy atom. The highest BCUT2D eigenvalue weighted by Gasteiger charge is 2.41. The Balaban J connectivity index is 1.52. The van der Waals surface area contributed by atoms with Crippen LogP contribution in [-0.2, 0) is 31.4 Å². The molecule has 8 heteroatoms. The maximum absolute atomic E-state index is 13.4. The molecule has 0 spiro atoms. The number of piperidine rings is 1. The van der Waals surface area contributed by atoms with E-state index in [9.17, 15) is 18.0 Å². The molecule has 40 heavy (non-hydrogen) atoms. The van der Waals surface area contributed by atoms with Crippen LogP contribution in [0.4, 0.5) is 5.69 Å². The largest absolute Gasteiger partial charge is 0.340 e. The topological polar surface area (TPSA) is 86.8 Å². The molecule has 3 aromatic rings. The van der Waals surface area contributed by atoms with E-state index < -0.39 is 9.84 Å². The van der Waals surface area contributed by atoms with Crippen LogP contribution in [0.1, 0.15) is 49.8 Å². The van der Waals surface area contributed by atoms with Crippen molar-refractivity contribution in [2.24, 2.45) is 0 Å². The normalized spacial score (nSPS) is 16.2. The Hall–Kier alpha value is -3.49. The van der Waals surface area contributed by atoms with Gasteiger partial charge in [0.15, 0.2) is 9.84 Å². The lowest BCUT2D eigenvalue weighted by molar-refractivity contribution is -0.133. The number of rotatable bonds is 11. The van der Waals surface area contributed by atoms with Gasteiger partial charge in [-0.2, -0.15) is 0 Å². The molecule has 1 heterocycles. The number of nitrogens with one attached hydrogen (secondary N) is 1. The van der Waals surface area contributed by atoms with Gasteiger partial charge in [-0.05, 0) is 67.1 Å². The van der Waals surface area contributed by atoms with Crippen molar-refractivity contribution in [1.29, 1.82) is 0 Å². The maximum atomic E-state index is 13.4. The number of likely N-dealkylation sites (tertiary alicyclic amines) is 1. The molecule has 3 aromatic carbocycles. The second-order valence-corrected chi connectivity index (χ2v) is 12.4. The molecule has 1 fully saturated rings. The Labute approximate surface area is 238 Å². The van der Waals surface area contributed by atoms with Crippen molar-refractivity contribution in [2.75, 3.05) is 31.2 Å². The van der Waals surface area contributed by atoms with E-state index in [2.05, 4.69) is 53.5 Å². The fraction of sp³-hybridized carbons (Fsp3) is 0.375. The van der Waals surface area contributed by atoms with Crippen molar-refractivity contribution in [3.63, 3.8) is 0 Å². The van der Waals surface area contributed by atoms with Crippen molar-refractivity contribution < 1.29 is 18.0 Å². The molecule has 0 radical (unpaired) electrons. The molecule has 1 N–H and O–H groups in total. The minimum absolute atomic E-state index is 0.0659. The summed E-state index contributed by atoms with van der Waals surface area (Å²) < 4.78 is 23.5. The second-order valence-electron chi connectivity index (χ2n) is 10.4. The fourth-order valence-corrected chi connectivity index (χ4v) is 6.75. The van der Waals surface area contributed by atoms with E-state index in [1.165, 1.54) is 17.4 Å². The van der Waals surface area contributed by atoms with E-state index in [4.69, 9.17) is 0 Å². The number of hydrogen-bond donors (Lipinski definition) is 1. The van der Waals surface area contributed by atoms with Crippen LogP contribution in [0.15, 0.2) is 83.8 Å². The average molecular weight is 562 g/mol. The van der Waals surface area contributed by atoms with Gasteiger partial charge in [0.25, 0.3) is 0 Å². The first-order valence-electron chi connectivity index (χ1n) is 13.9. The number of benzene rings is 3. The zero-order chi connectivity index (χ0) is 28.8. The van der Waals surface area contributed by atoms with Crippen LogP contribution in [0.25, 0.3) is 0 Å². The molecule has 0 aromatic heterocycles. The van der Waals surface area contributed by atoms with E-state index in [-0.39, 0.29) is 28.8 Å². The zero-order valence-electron chi connectivity index (χ0n) is 23.5. The third-order valence-corrected chi connectivity index (χ3v) is 9.29. The lowest BCUT2D eigenvalue weighted by atomic mass is 9.77. The van der Waals surface area contributed by atoms with E-state index in [1.807, 2.05) is 30.0 Å². The smallest absolute Gasteiger partial charge is 0.227 e. The maximum Gasteiger partial charge on any atom is 0.227 e. The van der Waals surface area contributed by atoms with E-state index in [0.29, 0.717) is 13.0 Å². The molecule has 0 aliphatic carbocycles. The molecular formula is C32H39N3O4S. The van der Waals surface area contributed by atoms with E-state index in [1.54, 1.807) is 24.3 Å². The van der Waals surface area contributed by atoms with Crippen molar-refractivity contribution in [3.05, 3.63) is 95.6 Å². The molecule has 1 saturated heterocycles. The lowest BCUT2D eigenvalue weighted by Gasteiger charge is -2.49. The predicted molar refractivity (Wildman–Crippen MR) is 159 cm³/mol. The van der Waals surface area contributed by atoms with Gasteiger partial charge in [0.2, 0.25) is 12.3 Å². The number of anilines is 1. The van der Waals surface area contributed by atoms with Crippen LogP contribution in [0.3, 0.4) is 0 Å². The van der Waals surface area contributed by atoms with Crippen LogP contribution in [0.2, 0.25) is 0 Å². The van der Waals surface area contributed by atoms with Gasteiger partial charge >= 0.3 is 0 Å². The Kier molecular flexibility index (Phi) is 9.43. The van der Waals surface area contributed by atoms with Gasteiger partial charge in [-0.3, -0.25) is 14.5 Å². The van der Waals surface area contributed by atoms with Gasteiger partial charge in [-0.15, -0.1) is 0 Å². The number of carbonyl (C=O) groups excluding carboxylic acids is 2. The Morgan fingerprint density at radius 1 is 0.950 bits per heavy atom. The summed E-state index contributed by atoms with van der Waals surface area (Å²) in [5.74, 6) is 0.0659. The van der Waals surface area contributed by atoms with Gasteiger partial charge in [-0.1, -0.05) is 61.5 Å². The van der Waals surface area contributed by atoms with Gasteiger partial charge in [-0.25, -0.2) is 8.42 Å². The second kappa shape index (κ2) is 12.8. The summed E-state index contributed by atoms with van der Waals surface area (Å²) in [4.78, 5) is 29.1. The van der Waals surface area contributed by atoms with Gasteiger partial charge in [0.1, 0.15) is 0 Å². The Bertz CT molecular complexity index is 1380. The number of sulfone groups is 1. The third kappa shape index (κ3) is 6.29. The molecular weight excluding hydrogens is 522 g/mol. The van der Waals surface area contributed by atoms with Gasteiger partial charge in [0, 0.05) is 37.6 Å². The minimum Gasteiger partial charge on any atom is -0.340 e. The molecule has 2 amide bonds. The first kappa shape index (κ1) is 29.5. The molecule has 1 unspecified atom stereocenters. The van der Waals surface area contributed by atoms with Crippen molar-refractivity contribution in [2.45, 2.75) is 56.0 Å². The predicted octanol–water partition coefficient (Wildman–Crippen LogP) is 4.87. The highest BCUT2D eigenvalue weighted by atomic mass is 32.2. The molecule has 0 bridgehead atoms. The molecule has 212 valence electrons. The minimum atomic E-state index is -3.27. The standard InChI is InChI=1S/C32H39N3O4S/c1-4-32(26-9-7-6-8-10-26,27-13-15-28(16-14-27)33-24-36)34-21-19-29(20-22-34)35(5-2)31(37)23-25-11-17-30(18-12-25)40(3,38)39/h6-18,24,29H,4-5,19-23H2,1-3H3,(H,33,36). The highest BCUT2D eigenvalue weighted by molar-refractivity contribution is 7.90. The summed E-state index contributed by atoms with van der Waals surface area (Å²) in [6.07, 6.45) is 4.74. The molecule has 7 nitrogen and oxygen atoms in total. The lowest BCUT2D eigenvalue weighted by Crippen LogP contribution is -2.54. The number of amides is 2. The van der Waals surface area contributed by atoms with E-state index in [0.717, 1.165) is 43.6 Å². The molecule has 4 rings (SSSR count). The van der Waals surface area contributed by atoms with Gasteiger partial charge in [0.05, 0.1) is 16.9 Å². The zero-order valence-corrected chi connectivity index (χ0v) is 24.4. The first-order valence-corrected chi connectivity index (χ1v) is 15.8. The van der Waals surface area contributed by atoms with Crippen LogP contribution >= 0.6 is 0 Å². The summed E-state index contributed by atoms with van der Waals surface area (Å²) in [5, 5.41) is 2.73. The van der Waals surface area contributed by atoms with Crippen LogP contribution in [0, 0.1) is 0 Å². The van der Waals surface area contributed by atoms with E-state index >= 15 is 0 Å². The number of likely N-dealkylation sites (N-methyl/N-ethyl adjacent to an activating group) is 1. The average Bonchev–Trinajstić information content (AvgIpc) is 2.96. The summed E-state index contributed by atoms with van der Waals surface area (Å²) in [5.41, 5.74) is 3.66. The summed E-state index contributed by atoms with van der Waals surface area (Å²) in [7, 11) is -3.27. The highest BCUT2D eigenvalue weighted by Crippen LogP contribution is 2.41. The molecule has 1 aliphatic rings. The summed E-state index contributed by atoms with van der Waals surface area (Å²) in [6, 6.07) is 25.4. The van der Waals surface area contributed by atoms with Crippen LogP contribution in [0.5, 0.6) is 0 Å². The number of hydrogen-bond acceptors (Lipinski definition) is 5. The SMILES string of the molecule is CCN(C(=O)Cc1ccc(S(C)(=O)=O)cc1)C1CCN(C(CC)(c2ccccc2)c2ccc(NC=O)cc2)CC1. The number of carbonyl (C=O) groups is 2. The van der Waals surface area contributed by atoms with Crippen molar-refractivity contribution >= 4 is 27.8 Å². The summed E-state index contributed by atoms with van der Waals surface area (Å²) in [6.45, 7) is 6.55. The van der Waals surface area contributed by atoms with Crippen molar-refractivity contribution in [1.82, 2.24) is 9.80 Å². The van der Waals surface area contributed by atoms with Crippen molar-refractivity contribution in [3.8, 4) is 0 Å². The molecule has 0 saturated carbocycles. The van der Waals surface area contributed by atoms with Gasteiger partial charge < -0.3 is 10.2 Å². The Morgan fingerprint density at radius 3 is 2.08 bits per heavy atom. The van der Waals surface area contributed by atoms with Crippen LogP contribution in [-0.4, -0.2) is 62.5 Å². The monoisotopic (exact) mass is 561 g/mol. The molecule has 1 aliphatic heterocycles. The van der Waals surface area contributed by atoms with Crippen LogP contribution < -0.4 is 5.32 Å². The fourth-order valence-electron chi connectivity index (χ4n) is 6.12. The summed E-state index contributed by atoms with van der Waals surface area (Å²) >= 11 is 0. The quantitative estimate of drug-likeness (QED) is 0.338. The third-order valence-electron chi connectivity index (χ3n) is 8.16. The number of nitrogens with zero attached hydrogens (tertiary/aromatic N) is 2.